The van der Waals surface area contributed by atoms with Crippen molar-refractivity contribution in [2.45, 2.75) is 25.8 Å². The van der Waals surface area contributed by atoms with E-state index in [4.69, 9.17) is 0 Å². The smallest absolute Gasteiger partial charge is 0.155 e. The Kier molecular flexibility index (Phi) is 5.70. The molecule has 0 unspecified atom stereocenters. The molecule has 1 fully saturated rings. The van der Waals surface area contributed by atoms with Gasteiger partial charge in [-0.15, -0.1) is 0 Å². The largest absolute Gasteiger partial charge is 0.353 e. The first kappa shape index (κ1) is 22.8. The highest BCUT2D eigenvalue weighted by Crippen LogP contribution is 2.35. The fourth-order valence-corrected chi connectivity index (χ4v) is 5.56. The molecule has 1 aliphatic heterocycles. The maximum absolute atomic E-state index is 13.9. The van der Waals surface area contributed by atoms with Crippen LogP contribution >= 0.6 is 0 Å². The predicted octanol–water partition coefficient (Wildman–Crippen LogP) is 6.96. The molecule has 7 heteroatoms. The molecular weight excluding hydrogens is 475 g/mol. The minimum atomic E-state index is -0.248. The van der Waals surface area contributed by atoms with Crippen LogP contribution in [0, 0.1) is 5.82 Å². The van der Waals surface area contributed by atoms with Gasteiger partial charge in [0.2, 0.25) is 0 Å². The van der Waals surface area contributed by atoms with E-state index in [-0.39, 0.29) is 5.82 Å². The molecule has 2 N–H and O–H groups in total. The number of halogens is 1. The molecule has 0 amide bonds. The number of aromatic nitrogens is 5. The van der Waals surface area contributed by atoms with E-state index in [2.05, 4.69) is 48.2 Å². The van der Waals surface area contributed by atoms with Gasteiger partial charge in [-0.05, 0) is 79.0 Å². The van der Waals surface area contributed by atoms with Gasteiger partial charge in [0.1, 0.15) is 11.5 Å². The second-order valence-electron chi connectivity index (χ2n) is 10.1. The number of hydrogen-bond donors (Lipinski definition) is 2. The summed E-state index contributed by atoms with van der Waals surface area (Å²) in [6.07, 6.45) is 9.61. The molecule has 6 nitrogen and oxygen atoms in total. The summed E-state index contributed by atoms with van der Waals surface area (Å²) in [6, 6.07) is 19.1. The first-order valence-corrected chi connectivity index (χ1v) is 13.1. The fraction of sp³-hybridized carbons (Fsp3) is 0.194. The number of hydrogen-bond acceptors (Lipinski definition) is 4. The van der Waals surface area contributed by atoms with Crippen molar-refractivity contribution >= 4 is 21.9 Å². The molecule has 5 heterocycles. The van der Waals surface area contributed by atoms with Crippen LogP contribution in [-0.2, 0) is 6.54 Å². The van der Waals surface area contributed by atoms with E-state index in [1.165, 1.54) is 30.9 Å². The normalized spacial score (nSPS) is 14.4. The number of nitrogens with one attached hydrogen (secondary N) is 2. The van der Waals surface area contributed by atoms with Gasteiger partial charge in [-0.3, -0.25) is 15.0 Å². The lowest BCUT2D eigenvalue weighted by atomic mass is 10.0. The molecule has 188 valence electrons. The van der Waals surface area contributed by atoms with Gasteiger partial charge in [-0.2, -0.15) is 5.10 Å². The molecule has 0 spiro atoms. The Balaban J connectivity index is 1.26. The van der Waals surface area contributed by atoms with Crippen LogP contribution in [0.5, 0.6) is 0 Å². The molecule has 7 rings (SSSR count). The van der Waals surface area contributed by atoms with E-state index in [0.29, 0.717) is 0 Å². The molecule has 38 heavy (non-hydrogen) atoms. The number of H-pyrrole nitrogens is 2. The number of aromatic amines is 2. The van der Waals surface area contributed by atoms with Gasteiger partial charge in [0.15, 0.2) is 5.65 Å². The average molecular weight is 503 g/mol. The molecule has 4 aromatic heterocycles. The van der Waals surface area contributed by atoms with Gasteiger partial charge in [0.25, 0.3) is 0 Å². The zero-order valence-electron chi connectivity index (χ0n) is 20.9. The molecule has 1 saturated heterocycles. The Labute approximate surface area is 219 Å². The molecular formula is C31H27FN6. The topological polar surface area (TPSA) is 73.5 Å². The number of fused-ring (bicyclic) bond motifs is 2. The second kappa shape index (κ2) is 9.50. The van der Waals surface area contributed by atoms with Gasteiger partial charge in [0, 0.05) is 52.6 Å². The molecule has 0 aliphatic carbocycles. The molecule has 0 bridgehead atoms. The van der Waals surface area contributed by atoms with Crippen LogP contribution < -0.4 is 0 Å². The van der Waals surface area contributed by atoms with E-state index in [9.17, 15) is 4.39 Å². The summed E-state index contributed by atoms with van der Waals surface area (Å²) in [7, 11) is 0. The number of benzene rings is 2. The lowest BCUT2D eigenvalue weighted by Crippen LogP contribution is -2.29. The maximum atomic E-state index is 13.9. The van der Waals surface area contributed by atoms with E-state index in [1.807, 2.05) is 42.9 Å². The predicted molar refractivity (Wildman–Crippen MR) is 149 cm³/mol. The van der Waals surface area contributed by atoms with E-state index in [0.717, 1.165) is 75.2 Å². The van der Waals surface area contributed by atoms with Crippen LogP contribution in [0.2, 0.25) is 0 Å². The van der Waals surface area contributed by atoms with Crippen LogP contribution in [-0.4, -0.2) is 43.1 Å². The number of nitrogens with zero attached hydrogens (tertiary/aromatic N) is 4. The summed E-state index contributed by atoms with van der Waals surface area (Å²) >= 11 is 0. The van der Waals surface area contributed by atoms with Crippen molar-refractivity contribution in [3.05, 3.63) is 90.6 Å². The Morgan fingerprint density at radius 1 is 0.816 bits per heavy atom. The summed E-state index contributed by atoms with van der Waals surface area (Å²) in [6.45, 7) is 3.24. The summed E-state index contributed by atoms with van der Waals surface area (Å²) in [5.41, 5.74) is 8.46. The Morgan fingerprint density at radius 3 is 2.58 bits per heavy atom. The standard InChI is InChI=1S/C31H27FN6/c32-24-7-4-6-21(13-24)25-8-5-9-28-26(25)15-29(35-28)30-27-14-23(18-34-31(27)37-36-30)22-12-20(16-33-17-22)19-38-10-2-1-3-11-38/h4-9,12-18,35H,1-3,10-11,19H2,(H,34,36,37). The molecule has 0 radical (unpaired) electrons. The fourth-order valence-electron chi connectivity index (χ4n) is 5.56. The van der Waals surface area contributed by atoms with Crippen LogP contribution in [0.4, 0.5) is 4.39 Å². The van der Waals surface area contributed by atoms with Crippen molar-refractivity contribution in [3.8, 4) is 33.6 Å². The highest BCUT2D eigenvalue weighted by molar-refractivity contribution is 6.01. The second-order valence-corrected chi connectivity index (χ2v) is 10.1. The first-order chi connectivity index (χ1) is 18.7. The Bertz CT molecular complexity index is 1760. The lowest BCUT2D eigenvalue weighted by molar-refractivity contribution is 0.220. The Morgan fingerprint density at radius 2 is 1.68 bits per heavy atom. The highest BCUT2D eigenvalue weighted by atomic mass is 19.1. The summed E-state index contributed by atoms with van der Waals surface area (Å²) in [5.74, 6) is -0.248. The van der Waals surface area contributed by atoms with Crippen LogP contribution in [0.3, 0.4) is 0 Å². The van der Waals surface area contributed by atoms with Gasteiger partial charge < -0.3 is 4.98 Å². The van der Waals surface area contributed by atoms with Crippen molar-refractivity contribution in [2.24, 2.45) is 0 Å². The maximum Gasteiger partial charge on any atom is 0.155 e. The van der Waals surface area contributed by atoms with Gasteiger partial charge in [0.05, 0.1) is 5.69 Å². The van der Waals surface area contributed by atoms with Crippen LogP contribution in [0.1, 0.15) is 24.8 Å². The summed E-state index contributed by atoms with van der Waals surface area (Å²) < 4.78 is 13.9. The van der Waals surface area contributed by atoms with Crippen LogP contribution in [0.15, 0.2) is 79.3 Å². The third-order valence-corrected chi connectivity index (χ3v) is 7.45. The molecule has 6 aromatic rings. The first-order valence-electron chi connectivity index (χ1n) is 13.1. The van der Waals surface area contributed by atoms with Gasteiger partial charge in [-0.1, -0.05) is 30.7 Å². The van der Waals surface area contributed by atoms with Gasteiger partial charge >= 0.3 is 0 Å². The molecule has 0 atom stereocenters. The molecule has 2 aromatic carbocycles. The van der Waals surface area contributed by atoms with Crippen molar-refractivity contribution in [3.63, 3.8) is 0 Å². The van der Waals surface area contributed by atoms with E-state index in [1.54, 1.807) is 12.1 Å². The SMILES string of the molecule is Fc1cccc(-c2cccc3[nH]c(-c4n[nH]c5ncc(-c6cncc(CN7CCCCC7)c6)cc45)cc23)c1. The molecule has 0 saturated carbocycles. The number of piperidine rings is 1. The van der Waals surface area contributed by atoms with E-state index >= 15 is 0 Å². The average Bonchev–Trinajstić information content (AvgIpc) is 3.57. The minimum Gasteiger partial charge on any atom is -0.353 e. The molecule has 1 aliphatic rings. The minimum absolute atomic E-state index is 0.248. The zero-order valence-corrected chi connectivity index (χ0v) is 20.9. The van der Waals surface area contributed by atoms with E-state index < -0.39 is 0 Å². The third-order valence-electron chi connectivity index (χ3n) is 7.45. The zero-order chi connectivity index (χ0) is 25.5. The number of rotatable bonds is 5. The van der Waals surface area contributed by atoms with Crippen LogP contribution in [0.25, 0.3) is 55.6 Å². The highest BCUT2D eigenvalue weighted by Gasteiger charge is 2.16. The lowest BCUT2D eigenvalue weighted by Gasteiger charge is -2.26. The number of likely N-dealkylation sites (tertiary alicyclic amines) is 1. The number of pyridine rings is 2. The van der Waals surface area contributed by atoms with Crippen molar-refractivity contribution in [1.82, 2.24) is 30.0 Å². The van der Waals surface area contributed by atoms with Crippen molar-refractivity contribution < 1.29 is 4.39 Å². The van der Waals surface area contributed by atoms with Crippen molar-refractivity contribution in [2.75, 3.05) is 13.1 Å². The quantitative estimate of drug-likeness (QED) is 0.267. The Hall–Kier alpha value is -4.36. The van der Waals surface area contributed by atoms with Crippen molar-refractivity contribution in [1.29, 1.82) is 0 Å². The summed E-state index contributed by atoms with van der Waals surface area (Å²) in [4.78, 5) is 15.2. The summed E-state index contributed by atoms with van der Waals surface area (Å²) in [5, 5.41) is 9.63. The van der Waals surface area contributed by atoms with Gasteiger partial charge in [-0.25, -0.2) is 9.37 Å². The third kappa shape index (κ3) is 4.25. The monoisotopic (exact) mass is 502 g/mol.